The number of hydrogen-bond donors (Lipinski definition) is 0. The molecule has 2 rings (SSSR count). The van der Waals surface area contributed by atoms with Crippen molar-refractivity contribution in [3.8, 4) is 0 Å². The summed E-state index contributed by atoms with van der Waals surface area (Å²) in [5.74, 6) is -0.754. The molecule has 5 heteroatoms. The van der Waals surface area contributed by atoms with Crippen LogP contribution in [0.4, 0.5) is 0 Å². The molecule has 4 nitrogen and oxygen atoms in total. The minimum atomic E-state index is -3.52. The summed E-state index contributed by atoms with van der Waals surface area (Å²) in [5, 5.41) is 0. The van der Waals surface area contributed by atoms with Crippen molar-refractivity contribution in [1.29, 1.82) is 0 Å². The minimum absolute atomic E-state index is 0.234. The number of ether oxygens (including phenoxy) is 1. The van der Waals surface area contributed by atoms with Crippen molar-refractivity contribution in [3.63, 3.8) is 0 Å². The zero-order valence-corrected chi connectivity index (χ0v) is 13.6. The third-order valence-corrected chi connectivity index (χ3v) is 5.11. The van der Waals surface area contributed by atoms with Gasteiger partial charge in [0, 0.05) is 0 Å². The predicted octanol–water partition coefficient (Wildman–Crippen LogP) is 3.06. The minimum Gasteiger partial charge on any atom is -0.465 e. The summed E-state index contributed by atoms with van der Waals surface area (Å²) >= 11 is 0. The molecule has 2 aromatic rings. The lowest BCUT2D eigenvalue weighted by molar-refractivity contribution is 0.0599. The number of aryl methyl sites for hydroxylation is 2. The highest BCUT2D eigenvalue weighted by molar-refractivity contribution is 7.90. The van der Waals surface area contributed by atoms with Gasteiger partial charge in [0.2, 0.25) is 0 Å². The number of sulfone groups is 1. The molecule has 0 spiro atoms. The van der Waals surface area contributed by atoms with E-state index in [1.54, 1.807) is 43.3 Å². The highest BCUT2D eigenvalue weighted by atomic mass is 32.2. The zero-order chi connectivity index (χ0) is 16.3. The second kappa shape index (κ2) is 6.32. The Morgan fingerprint density at radius 1 is 1.09 bits per heavy atom. The van der Waals surface area contributed by atoms with Gasteiger partial charge < -0.3 is 4.74 Å². The Kier molecular flexibility index (Phi) is 4.66. The van der Waals surface area contributed by atoms with Gasteiger partial charge in [0.05, 0.1) is 23.3 Å². The molecular formula is C17H18O4S. The fraction of sp³-hybridized carbons (Fsp3) is 0.235. The first-order chi connectivity index (χ1) is 10.3. The van der Waals surface area contributed by atoms with Gasteiger partial charge >= 0.3 is 5.97 Å². The van der Waals surface area contributed by atoms with E-state index in [1.807, 2.05) is 13.0 Å². The smallest absolute Gasteiger partial charge is 0.338 e. The highest BCUT2D eigenvalue weighted by Crippen LogP contribution is 2.22. The Bertz CT molecular complexity index is 807. The molecule has 0 heterocycles. The van der Waals surface area contributed by atoms with Crippen LogP contribution >= 0.6 is 0 Å². The normalized spacial score (nSPS) is 11.2. The Morgan fingerprint density at radius 2 is 1.77 bits per heavy atom. The zero-order valence-electron chi connectivity index (χ0n) is 12.8. The first kappa shape index (κ1) is 16.2. The van der Waals surface area contributed by atoms with Gasteiger partial charge in [0.15, 0.2) is 9.84 Å². The average molecular weight is 318 g/mol. The molecule has 0 bridgehead atoms. The van der Waals surface area contributed by atoms with E-state index < -0.39 is 15.8 Å². The Morgan fingerprint density at radius 3 is 2.41 bits per heavy atom. The van der Waals surface area contributed by atoms with Crippen LogP contribution in [-0.4, -0.2) is 21.5 Å². The average Bonchev–Trinajstić information content (AvgIpc) is 2.46. The van der Waals surface area contributed by atoms with E-state index in [2.05, 4.69) is 0 Å². The van der Waals surface area contributed by atoms with E-state index in [9.17, 15) is 13.2 Å². The quantitative estimate of drug-likeness (QED) is 0.813. The third kappa shape index (κ3) is 3.36. The van der Waals surface area contributed by atoms with Gasteiger partial charge in [0.1, 0.15) is 0 Å². The Balaban J connectivity index is 2.47. The summed E-state index contributed by atoms with van der Waals surface area (Å²) in [5.41, 5.74) is 2.34. The second-order valence-electron chi connectivity index (χ2n) is 5.18. The molecule has 0 aliphatic rings. The van der Waals surface area contributed by atoms with E-state index in [0.717, 1.165) is 5.56 Å². The monoisotopic (exact) mass is 318 g/mol. The molecule has 0 N–H and O–H groups in total. The molecule has 0 aliphatic carbocycles. The highest BCUT2D eigenvalue weighted by Gasteiger charge is 2.21. The SMILES string of the molecule is COC(=O)c1c(C)cccc1CS(=O)(=O)c1cccc(C)c1. The van der Waals surface area contributed by atoms with E-state index >= 15 is 0 Å². The van der Waals surface area contributed by atoms with Crippen LogP contribution < -0.4 is 0 Å². The topological polar surface area (TPSA) is 60.4 Å². The van der Waals surface area contributed by atoms with Crippen LogP contribution in [0.1, 0.15) is 27.0 Å². The van der Waals surface area contributed by atoms with E-state index in [-0.39, 0.29) is 10.6 Å². The summed E-state index contributed by atoms with van der Waals surface area (Å²) in [6.45, 7) is 3.60. The standard InChI is InChI=1S/C17H18O4S/c1-12-6-4-9-15(10-12)22(19,20)11-14-8-5-7-13(2)16(14)17(18)21-3/h4-10H,11H2,1-3H3. The van der Waals surface area contributed by atoms with Crippen molar-refractivity contribution >= 4 is 15.8 Å². The number of esters is 1. The van der Waals surface area contributed by atoms with Gasteiger partial charge in [-0.1, -0.05) is 30.3 Å². The first-order valence-corrected chi connectivity index (χ1v) is 8.46. The van der Waals surface area contributed by atoms with Crippen molar-refractivity contribution in [3.05, 3.63) is 64.7 Å². The van der Waals surface area contributed by atoms with Crippen LogP contribution in [0.5, 0.6) is 0 Å². The van der Waals surface area contributed by atoms with Crippen molar-refractivity contribution < 1.29 is 17.9 Å². The van der Waals surface area contributed by atoms with Crippen LogP contribution in [0, 0.1) is 13.8 Å². The third-order valence-electron chi connectivity index (χ3n) is 3.44. The maximum atomic E-state index is 12.6. The number of rotatable bonds is 4. The molecular weight excluding hydrogens is 300 g/mol. The summed E-state index contributed by atoms with van der Waals surface area (Å²) in [6.07, 6.45) is 0. The van der Waals surface area contributed by atoms with Gasteiger partial charge in [0.25, 0.3) is 0 Å². The number of hydrogen-bond acceptors (Lipinski definition) is 4. The number of carbonyl (C=O) groups excluding carboxylic acids is 1. The van der Waals surface area contributed by atoms with Crippen LogP contribution in [-0.2, 0) is 20.3 Å². The summed E-state index contributed by atoms with van der Waals surface area (Å²) in [6, 6.07) is 11.9. The fourth-order valence-corrected chi connectivity index (χ4v) is 3.81. The van der Waals surface area contributed by atoms with Gasteiger partial charge in [-0.05, 0) is 42.7 Å². The van der Waals surface area contributed by atoms with Crippen LogP contribution in [0.2, 0.25) is 0 Å². The number of carbonyl (C=O) groups is 1. The summed E-state index contributed by atoms with van der Waals surface area (Å²) in [4.78, 5) is 12.2. The number of benzene rings is 2. The summed E-state index contributed by atoms with van der Waals surface area (Å²) < 4.78 is 29.9. The molecule has 0 saturated carbocycles. The molecule has 2 aromatic carbocycles. The van der Waals surface area contributed by atoms with E-state index in [4.69, 9.17) is 4.74 Å². The molecule has 0 saturated heterocycles. The molecule has 116 valence electrons. The maximum Gasteiger partial charge on any atom is 0.338 e. The van der Waals surface area contributed by atoms with Gasteiger partial charge in [-0.2, -0.15) is 0 Å². The van der Waals surface area contributed by atoms with Crippen molar-refractivity contribution in [2.45, 2.75) is 24.5 Å². The van der Waals surface area contributed by atoms with E-state index in [0.29, 0.717) is 16.7 Å². The largest absolute Gasteiger partial charge is 0.465 e. The molecule has 0 fully saturated rings. The second-order valence-corrected chi connectivity index (χ2v) is 7.17. The van der Waals surface area contributed by atoms with Gasteiger partial charge in [-0.25, -0.2) is 13.2 Å². The molecule has 0 atom stereocenters. The molecule has 0 unspecified atom stereocenters. The van der Waals surface area contributed by atoms with E-state index in [1.165, 1.54) is 7.11 Å². The summed E-state index contributed by atoms with van der Waals surface area (Å²) in [7, 11) is -2.24. The molecule has 0 aromatic heterocycles. The maximum absolute atomic E-state index is 12.6. The van der Waals surface area contributed by atoms with Crippen LogP contribution in [0.15, 0.2) is 47.4 Å². The lowest BCUT2D eigenvalue weighted by atomic mass is 10.0. The lowest BCUT2D eigenvalue weighted by Gasteiger charge is -2.11. The molecule has 22 heavy (non-hydrogen) atoms. The van der Waals surface area contributed by atoms with Crippen molar-refractivity contribution in [2.75, 3.05) is 7.11 Å². The number of methoxy groups -OCH3 is 1. The molecule has 0 radical (unpaired) electrons. The van der Waals surface area contributed by atoms with Gasteiger partial charge in [-0.3, -0.25) is 0 Å². The molecule has 0 aliphatic heterocycles. The fourth-order valence-electron chi connectivity index (χ4n) is 2.34. The Labute approximate surface area is 130 Å². The Hall–Kier alpha value is -2.14. The van der Waals surface area contributed by atoms with Crippen molar-refractivity contribution in [1.82, 2.24) is 0 Å². The lowest BCUT2D eigenvalue weighted by Crippen LogP contribution is -2.12. The van der Waals surface area contributed by atoms with Crippen LogP contribution in [0.25, 0.3) is 0 Å². The van der Waals surface area contributed by atoms with Crippen LogP contribution in [0.3, 0.4) is 0 Å². The van der Waals surface area contributed by atoms with Crippen molar-refractivity contribution in [2.24, 2.45) is 0 Å². The first-order valence-electron chi connectivity index (χ1n) is 6.81. The molecule has 0 amide bonds. The predicted molar refractivity (Wildman–Crippen MR) is 84.6 cm³/mol. The van der Waals surface area contributed by atoms with Gasteiger partial charge in [-0.15, -0.1) is 0 Å².